The molecule has 57 heavy (non-hydrogen) atoms. The summed E-state index contributed by atoms with van der Waals surface area (Å²) in [6.45, 7) is 17.6. The lowest BCUT2D eigenvalue weighted by atomic mass is 9.95. The van der Waals surface area contributed by atoms with Gasteiger partial charge in [-0.15, -0.1) is 0 Å². The highest BCUT2D eigenvalue weighted by atomic mass is 32.2. The number of hydrogen-bond acceptors (Lipinski definition) is 9. The van der Waals surface area contributed by atoms with Crippen LogP contribution in [-0.2, 0) is 46.6 Å². The second-order valence-electron chi connectivity index (χ2n) is 18.0. The first-order valence-corrected chi connectivity index (χ1v) is 22.0. The molecule has 2 aliphatic carbocycles. The van der Waals surface area contributed by atoms with Crippen LogP contribution in [0.5, 0.6) is 0 Å². The predicted octanol–water partition coefficient (Wildman–Crippen LogP) is 2.80. The fourth-order valence-electron chi connectivity index (χ4n) is 6.99. The maximum Gasteiger partial charge on any atom is 0.408 e. The third-order valence-electron chi connectivity index (χ3n) is 9.96. The number of ether oxygens (including phenoxy) is 1. The molecule has 3 rings (SSSR count). The zero-order valence-electron chi connectivity index (χ0n) is 35.4. The fourth-order valence-corrected chi connectivity index (χ4v) is 8.12. The molecular weight excluding hydrogens is 751 g/mol. The molecule has 5 amide bonds. The molecule has 0 bridgehead atoms. The van der Waals surface area contributed by atoms with Crippen molar-refractivity contribution in [1.29, 1.82) is 0 Å². The Bertz CT molecular complexity index is 1770. The monoisotopic (exact) mass is 815 g/mol. The van der Waals surface area contributed by atoms with Crippen LogP contribution in [0.2, 0.25) is 0 Å². The zero-order valence-corrected chi connectivity index (χ0v) is 36.3. The van der Waals surface area contributed by atoms with Crippen molar-refractivity contribution in [1.82, 2.24) is 26.6 Å². The second-order valence-corrected chi connectivity index (χ2v) is 20.2. The van der Waals surface area contributed by atoms with Crippen molar-refractivity contribution in [2.45, 2.75) is 143 Å². The summed E-state index contributed by atoms with van der Waals surface area (Å²) in [5.41, 5.74) is -0.138. The number of fused-ring (bicyclic) bond motifs is 1. The van der Waals surface area contributed by atoms with Crippen molar-refractivity contribution in [3.05, 3.63) is 35.4 Å². The lowest BCUT2D eigenvalue weighted by Gasteiger charge is -2.29. The van der Waals surface area contributed by atoms with E-state index in [0.717, 1.165) is 6.26 Å². The highest BCUT2D eigenvalue weighted by Gasteiger charge is 2.62. The summed E-state index contributed by atoms with van der Waals surface area (Å²) in [6, 6.07) is 4.82. The molecule has 0 aliphatic heterocycles. The Morgan fingerprint density at radius 3 is 1.98 bits per heavy atom. The van der Waals surface area contributed by atoms with E-state index in [1.807, 2.05) is 52.0 Å². The van der Waals surface area contributed by atoms with Gasteiger partial charge in [-0.05, 0) is 75.8 Å². The normalized spacial score (nSPS) is 20.6. The van der Waals surface area contributed by atoms with Crippen LogP contribution in [-0.4, -0.2) is 96.7 Å². The Balaban J connectivity index is 1.77. The van der Waals surface area contributed by atoms with Crippen LogP contribution in [0.25, 0.3) is 0 Å². The minimum atomic E-state index is -3.58. The topological polar surface area (TPSA) is 209 Å². The number of carbonyl (C=O) groups excluding carboxylic acids is 5. The van der Waals surface area contributed by atoms with E-state index in [2.05, 4.69) is 38.4 Å². The summed E-state index contributed by atoms with van der Waals surface area (Å²) in [7, 11) is -3.58. The van der Waals surface area contributed by atoms with Crippen molar-refractivity contribution >= 4 is 39.6 Å². The maximum absolute atomic E-state index is 14.1. The van der Waals surface area contributed by atoms with E-state index in [4.69, 9.17) is 4.74 Å². The van der Waals surface area contributed by atoms with Gasteiger partial charge in [-0.2, -0.15) is 0 Å². The molecule has 1 aromatic carbocycles. The number of aliphatic hydroxyl groups is 1. The van der Waals surface area contributed by atoms with Crippen LogP contribution in [0.3, 0.4) is 0 Å². The number of hydrogen-bond donors (Lipinski definition) is 6. The van der Waals surface area contributed by atoms with Crippen LogP contribution in [0, 0.1) is 41.4 Å². The molecule has 1 fully saturated rings. The van der Waals surface area contributed by atoms with Gasteiger partial charge in [0.05, 0.1) is 11.9 Å². The Morgan fingerprint density at radius 2 is 1.47 bits per heavy atom. The smallest absolute Gasteiger partial charge is 0.408 e. The van der Waals surface area contributed by atoms with E-state index in [-0.39, 0.29) is 36.6 Å². The van der Waals surface area contributed by atoms with E-state index < -0.39 is 92.5 Å². The molecule has 0 spiro atoms. The number of rotatable bonds is 17. The summed E-state index contributed by atoms with van der Waals surface area (Å²) in [4.78, 5) is 67.5. The molecule has 7 atom stereocenters. The van der Waals surface area contributed by atoms with Gasteiger partial charge in [0, 0.05) is 30.1 Å². The van der Waals surface area contributed by atoms with Crippen LogP contribution < -0.4 is 26.6 Å². The molecule has 0 aromatic heterocycles. The minimum Gasteiger partial charge on any atom is -0.444 e. The average Bonchev–Trinajstić information content (AvgIpc) is 3.56. The van der Waals surface area contributed by atoms with Crippen molar-refractivity contribution in [2.24, 2.45) is 29.6 Å². The molecule has 0 saturated heterocycles. The largest absolute Gasteiger partial charge is 0.444 e. The SMILES string of the molecule is CC(C)C#C[C@H](NC(=O)C1(NC(=O)[C@@H](NC(=O)OC(C)(C)C)C(C)C)CC1CS(C)(=O)=O)[C@@H](O)C[C@@H](C)C(=O)N[C@@H](CC(C)C)C(=O)NC1Cc2ccccc2C1. The first-order chi connectivity index (χ1) is 26.3. The number of sulfone groups is 1. The molecule has 15 heteroatoms. The Kier molecular flexibility index (Phi) is 16.2. The lowest BCUT2D eigenvalue weighted by molar-refractivity contribution is -0.133. The fraction of sp³-hybridized carbons (Fsp3) is 0.690. The average molecular weight is 816 g/mol. The van der Waals surface area contributed by atoms with E-state index >= 15 is 0 Å². The summed E-state index contributed by atoms with van der Waals surface area (Å²) < 4.78 is 30.0. The van der Waals surface area contributed by atoms with Crippen molar-refractivity contribution < 1.29 is 42.2 Å². The van der Waals surface area contributed by atoms with Crippen molar-refractivity contribution in [3.63, 3.8) is 0 Å². The van der Waals surface area contributed by atoms with E-state index in [1.165, 1.54) is 11.1 Å². The third kappa shape index (κ3) is 14.6. The lowest BCUT2D eigenvalue weighted by Crippen LogP contribution is -2.60. The summed E-state index contributed by atoms with van der Waals surface area (Å²) in [5.74, 6) is 1.16. The van der Waals surface area contributed by atoms with Gasteiger partial charge in [-0.3, -0.25) is 19.2 Å². The Hall–Kier alpha value is -4.16. The molecule has 1 saturated carbocycles. The highest BCUT2D eigenvalue weighted by Crippen LogP contribution is 2.45. The molecule has 6 N–H and O–H groups in total. The van der Waals surface area contributed by atoms with Gasteiger partial charge < -0.3 is 36.4 Å². The van der Waals surface area contributed by atoms with Gasteiger partial charge >= 0.3 is 6.09 Å². The maximum atomic E-state index is 14.1. The van der Waals surface area contributed by atoms with E-state index in [9.17, 15) is 37.5 Å². The van der Waals surface area contributed by atoms with Crippen molar-refractivity contribution in [2.75, 3.05) is 12.0 Å². The number of carbonyl (C=O) groups is 5. The highest BCUT2D eigenvalue weighted by molar-refractivity contribution is 7.90. The first kappa shape index (κ1) is 47.2. The number of amides is 5. The zero-order chi connectivity index (χ0) is 43.0. The standard InChI is InChI=1S/C42H65N5O9S/c1-24(2)16-17-32(34(48)19-27(7)36(49)44-33(18-25(3)4)37(50)43-31-20-28-14-12-13-15-29(28)21-31)45-39(52)42(22-30(42)23-57(11,54)55)47-38(51)35(26(5)6)46-40(53)56-41(8,9)10/h12-15,24-27,30-35,48H,18-23H2,1-11H3,(H,43,50)(H,44,49)(H,45,52)(H,46,53)(H,47,51)/t27-,30?,32+,33+,34+,35+,42?/m1/s1. The first-order valence-electron chi connectivity index (χ1n) is 20.0. The minimum absolute atomic E-state index is 0.0135. The summed E-state index contributed by atoms with van der Waals surface area (Å²) >= 11 is 0. The summed E-state index contributed by atoms with van der Waals surface area (Å²) in [6.07, 6.45) is 0.495. The summed E-state index contributed by atoms with van der Waals surface area (Å²) in [5, 5.41) is 25.5. The van der Waals surface area contributed by atoms with Crippen molar-refractivity contribution in [3.8, 4) is 11.8 Å². The van der Waals surface area contributed by atoms with E-state index in [1.54, 1.807) is 41.5 Å². The van der Waals surface area contributed by atoms with Crippen LogP contribution >= 0.6 is 0 Å². The van der Waals surface area contributed by atoms with E-state index in [0.29, 0.717) is 19.3 Å². The van der Waals surface area contributed by atoms with Gasteiger partial charge in [-0.1, -0.05) is 84.6 Å². The van der Waals surface area contributed by atoms with Crippen LogP contribution in [0.15, 0.2) is 24.3 Å². The number of alkyl carbamates (subject to hydrolysis) is 1. The number of nitrogens with one attached hydrogen (secondary N) is 5. The molecule has 2 unspecified atom stereocenters. The second kappa shape index (κ2) is 19.5. The molecule has 0 heterocycles. The van der Waals surface area contributed by atoms with Gasteiger partial charge in [-0.25, -0.2) is 13.2 Å². The Morgan fingerprint density at radius 1 is 0.877 bits per heavy atom. The predicted molar refractivity (Wildman–Crippen MR) is 218 cm³/mol. The molecule has 2 aliphatic rings. The van der Waals surface area contributed by atoms with Gasteiger partial charge in [0.1, 0.15) is 39.1 Å². The quantitative estimate of drug-likeness (QED) is 0.128. The van der Waals surface area contributed by atoms with Gasteiger partial charge in [0.2, 0.25) is 23.6 Å². The number of aliphatic hydroxyl groups excluding tert-OH is 1. The van der Waals surface area contributed by atoms with Crippen LogP contribution in [0.4, 0.5) is 4.79 Å². The molecular formula is C42H65N5O9S. The molecule has 318 valence electrons. The van der Waals surface area contributed by atoms with Gasteiger partial charge in [0.15, 0.2) is 0 Å². The third-order valence-corrected chi connectivity index (χ3v) is 11.0. The Labute approximate surface area is 339 Å². The molecule has 1 aromatic rings. The molecule has 0 radical (unpaired) electrons. The van der Waals surface area contributed by atoms with Crippen LogP contribution in [0.1, 0.15) is 99.6 Å². The van der Waals surface area contributed by atoms with Gasteiger partial charge in [0.25, 0.3) is 0 Å². The number of benzene rings is 1. The molecule has 14 nitrogen and oxygen atoms in total.